The summed E-state index contributed by atoms with van der Waals surface area (Å²) in [5, 5.41) is 14.7. The Morgan fingerprint density at radius 1 is 0.870 bits per heavy atom. The van der Waals surface area contributed by atoms with Gasteiger partial charge in [-0.3, -0.25) is 19.2 Å². The first kappa shape index (κ1) is 37.9. The Kier molecular flexibility index (Phi) is 14.9. The number of ether oxygens (including phenoxy) is 1. The average Bonchev–Trinajstić information content (AvgIpc) is 2.98. The van der Waals surface area contributed by atoms with Gasteiger partial charge in [0.05, 0.1) is 17.9 Å². The van der Waals surface area contributed by atoms with Crippen molar-refractivity contribution in [3.05, 3.63) is 70.8 Å². The number of primary amides is 1. The summed E-state index contributed by atoms with van der Waals surface area (Å²) >= 11 is 0. The number of esters is 1. The summed E-state index contributed by atoms with van der Waals surface area (Å²) in [5.74, 6) is -1.73. The van der Waals surface area contributed by atoms with Crippen LogP contribution >= 0.6 is 0 Å². The number of nitrogens with one attached hydrogen (secondary N) is 2. The molecule has 3 amide bonds. The predicted octanol–water partition coefficient (Wildman–Crippen LogP) is 3.68. The molecule has 0 unspecified atom stereocenters. The normalized spacial score (nSPS) is 13.4. The maximum Gasteiger partial charge on any atom is 0.312 e. The number of urea groups is 1. The molecule has 0 radical (unpaired) electrons. The van der Waals surface area contributed by atoms with Crippen LogP contribution in [0.4, 0.5) is 4.79 Å². The maximum atomic E-state index is 13.2. The van der Waals surface area contributed by atoms with E-state index in [1.54, 1.807) is 38.1 Å². The van der Waals surface area contributed by atoms with Crippen molar-refractivity contribution in [2.45, 2.75) is 91.8 Å². The number of hydrogen-bond donors (Lipinski definition) is 5. The van der Waals surface area contributed by atoms with Gasteiger partial charge in [0.25, 0.3) is 0 Å². The lowest BCUT2D eigenvalue weighted by Crippen LogP contribution is -2.45. The van der Waals surface area contributed by atoms with Gasteiger partial charge in [0.1, 0.15) is 6.61 Å². The van der Waals surface area contributed by atoms with Crippen LogP contribution < -0.4 is 22.1 Å². The van der Waals surface area contributed by atoms with Crippen LogP contribution in [0.5, 0.6) is 0 Å². The lowest BCUT2D eigenvalue weighted by atomic mass is 9.84. The van der Waals surface area contributed by atoms with Gasteiger partial charge in [-0.05, 0) is 67.7 Å². The van der Waals surface area contributed by atoms with Gasteiger partial charge in [-0.25, -0.2) is 4.79 Å². The van der Waals surface area contributed by atoms with Crippen LogP contribution in [0.1, 0.15) is 76.1 Å². The highest BCUT2D eigenvalue weighted by Crippen LogP contribution is 2.23. The van der Waals surface area contributed by atoms with Crippen LogP contribution in [0.2, 0.25) is 0 Å². The van der Waals surface area contributed by atoms with E-state index in [1.165, 1.54) is 0 Å². The molecule has 252 valence electrons. The molecular weight excluding hydrogens is 588 g/mol. The van der Waals surface area contributed by atoms with E-state index in [4.69, 9.17) is 16.2 Å². The molecule has 0 heterocycles. The van der Waals surface area contributed by atoms with Gasteiger partial charge in [-0.15, -0.1) is 0 Å². The number of nitrogens with two attached hydrogens (primary N) is 2. The second kappa shape index (κ2) is 18.0. The van der Waals surface area contributed by atoms with Crippen molar-refractivity contribution in [2.75, 3.05) is 6.54 Å². The van der Waals surface area contributed by atoms with Gasteiger partial charge in [0.15, 0.2) is 5.78 Å². The Balaban J connectivity index is 1.88. The summed E-state index contributed by atoms with van der Waals surface area (Å²) in [4.78, 5) is 60.6. The molecule has 0 spiro atoms. The first-order valence-corrected chi connectivity index (χ1v) is 15.7. The number of carbonyl (C=O) groups is 5. The smallest absolute Gasteiger partial charge is 0.312 e. The van der Waals surface area contributed by atoms with Crippen molar-refractivity contribution >= 4 is 29.7 Å². The Bertz CT molecular complexity index is 1320. The minimum absolute atomic E-state index is 0.0813. The van der Waals surface area contributed by atoms with Gasteiger partial charge in [-0.2, -0.15) is 0 Å². The molecule has 0 fully saturated rings. The van der Waals surface area contributed by atoms with E-state index >= 15 is 0 Å². The largest absolute Gasteiger partial charge is 0.481 e. The lowest BCUT2D eigenvalue weighted by Gasteiger charge is -2.23. The average molecular weight is 639 g/mol. The molecule has 3 atom stereocenters. The topological polar surface area (TPSA) is 191 Å². The molecule has 0 aliphatic rings. The van der Waals surface area contributed by atoms with E-state index in [0.717, 1.165) is 22.3 Å². The minimum Gasteiger partial charge on any atom is -0.481 e. The van der Waals surface area contributed by atoms with E-state index in [9.17, 15) is 29.1 Å². The highest BCUT2D eigenvalue weighted by Gasteiger charge is 2.29. The maximum absolute atomic E-state index is 13.2. The molecule has 0 saturated heterocycles. The molecular formula is C35H50N4O7. The Morgan fingerprint density at radius 3 is 1.96 bits per heavy atom. The molecule has 2 rings (SSSR count). The van der Waals surface area contributed by atoms with Gasteiger partial charge in [0, 0.05) is 24.9 Å². The number of ketones is 1. The molecule has 0 aromatic heterocycles. The van der Waals surface area contributed by atoms with Crippen molar-refractivity contribution in [2.24, 2.45) is 28.7 Å². The number of carboxylic acid groups (broad SMARTS) is 1. The first-order chi connectivity index (χ1) is 21.6. The summed E-state index contributed by atoms with van der Waals surface area (Å²) in [7, 11) is 0. The summed E-state index contributed by atoms with van der Waals surface area (Å²) in [6.07, 6.45) is 1.94. The second-order valence-corrected chi connectivity index (χ2v) is 13.0. The molecule has 46 heavy (non-hydrogen) atoms. The van der Waals surface area contributed by atoms with Crippen molar-refractivity contribution in [1.29, 1.82) is 0 Å². The number of aliphatic carboxylic acids is 1. The van der Waals surface area contributed by atoms with Crippen LogP contribution in [0, 0.1) is 17.3 Å². The molecule has 0 aliphatic heterocycles. The quantitative estimate of drug-likeness (QED) is 0.114. The third-order valence-electron chi connectivity index (χ3n) is 8.11. The summed E-state index contributed by atoms with van der Waals surface area (Å²) in [6.45, 7) is 9.41. The number of benzene rings is 2. The molecule has 0 aliphatic carbocycles. The monoisotopic (exact) mass is 638 g/mol. The highest BCUT2D eigenvalue weighted by molar-refractivity contribution is 5.91. The fourth-order valence-electron chi connectivity index (χ4n) is 4.81. The Morgan fingerprint density at radius 2 is 1.41 bits per heavy atom. The van der Waals surface area contributed by atoms with Gasteiger partial charge in [0.2, 0.25) is 5.91 Å². The minimum atomic E-state index is -0.901. The fraction of sp³-hybridized carbons (Fsp3) is 0.514. The second-order valence-electron chi connectivity index (χ2n) is 13.0. The van der Waals surface area contributed by atoms with Gasteiger partial charge in [-0.1, -0.05) is 69.3 Å². The van der Waals surface area contributed by atoms with E-state index in [-0.39, 0.29) is 55.0 Å². The number of carbonyl (C=O) groups excluding carboxylic acids is 4. The van der Waals surface area contributed by atoms with E-state index in [2.05, 4.69) is 10.6 Å². The van der Waals surface area contributed by atoms with E-state index < -0.39 is 23.5 Å². The zero-order valence-electron chi connectivity index (χ0n) is 27.6. The summed E-state index contributed by atoms with van der Waals surface area (Å²) < 4.78 is 5.45. The molecule has 0 bridgehead atoms. The van der Waals surface area contributed by atoms with Gasteiger partial charge >= 0.3 is 18.0 Å². The number of amides is 3. The van der Waals surface area contributed by atoms with Crippen molar-refractivity contribution in [1.82, 2.24) is 10.6 Å². The van der Waals surface area contributed by atoms with E-state index in [0.29, 0.717) is 32.2 Å². The fourth-order valence-corrected chi connectivity index (χ4v) is 4.81. The standard InChI is InChI=1S/C35H50N4O7/c1-22(2)23(3)32(42)39-29(7-6-16-38-34(37)45)30(40)18-25-12-14-27(15-13-25)21-46-31(41)19-26-10-8-24(9-11-26)17-28(36)20-35(4,5)33(43)44/h8-15,22-23,28-29H,6-7,16-21,36H2,1-5H3,(H,39,42)(H,43,44)(H3,37,38,45)/t23-,28-,29-/m0/s1. The van der Waals surface area contributed by atoms with Crippen LogP contribution in [-0.4, -0.2) is 53.4 Å². The van der Waals surface area contributed by atoms with Gasteiger partial charge < -0.3 is 31.9 Å². The van der Waals surface area contributed by atoms with Crippen LogP contribution in [0.25, 0.3) is 0 Å². The molecule has 11 heteroatoms. The lowest BCUT2D eigenvalue weighted by molar-refractivity contribution is -0.147. The first-order valence-electron chi connectivity index (χ1n) is 15.7. The van der Waals surface area contributed by atoms with Crippen LogP contribution in [0.3, 0.4) is 0 Å². The molecule has 11 nitrogen and oxygen atoms in total. The van der Waals surface area contributed by atoms with Crippen LogP contribution in [0.15, 0.2) is 48.5 Å². The van der Waals surface area contributed by atoms with Crippen molar-refractivity contribution in [3.8, 4) is 0 Å². The number of hydrogen-bond acceptors (Lipinski definition) is 7. The van der Waals surface area contributed by atoms with Crippen molar-refractivity contribution < 1.29 is 33.8 Å². The third-order valence-corrected chi connectivity index (χ3v) is 8.11. The predicted molar refractivity (Wildman–Crippen MR) is 176 cm³/mol. The number of rotatable bonds is 19. The molecule has 2 aromatic carbocycles. The number of carboxylic acids is 1. The van der Waals surface area contributed by atoms with E-state index in [1.807, 2.05) is 45.0 Å². The van der Waals surface area contributed by atoms with Crippen molar-refractivity contribution in [3.63, 3.8) is 0 Å². The third kappa shape index (κ3) is 13.4. The summed E-state index contributed by atoms with van der Waals surface area (Å²) in [5.41, 5.74) is 13.7. The Hall–Kier alpha value is -4.25. The number of Topliss-reactive ketones (excluding diaryl/α,β-unsaturated/α-hetero) is 1. The SMILES string of the molecule is CC(C)[C@H](C)C(=O)N[C@@H](CCCNC(N)=O)C(=O)Cc1ccc(COC(=O)Cc2ccc(C[C@H](N)CC(C)(C)C(=O)O)cc2)cc1. The molecule has 7 N–H and O–H groups in total. The van der Waals surface area contributed by atoms with Crippen LogP contribution in [-0.2, 0) is 49.8 Å². The Labute approximate surface area is 271 Å². The zero-order valence-corrected chi connectivity index (χ0v) is 27.6. The zero-order chi connectivity index (χ0) is 34.4. The highest BCUT2D eigenvalue weighted by atomic mass is 16.5. The summed E-state index contributed by atoms with van der Waals surface area (Å²) in [6, 6.07) is 13.0. The molecule has 0 saturated carbocycles. The molecule has 2 aromatic rings.